The van der Waals surface area contributed by atoms with Crippen LogP contribution in [0.15, 0.2) is 24.5 Å². The summed E-state index contributed by atoms with van der Waals surface area (Å²) in [6, 6.07) is 3.82. The molecule has 1 atom stereocenters. The normalized spacial score (nSPS) is 14.7. The average Bonchev–Trinajstić information content (AvgIpc) is 2.38. The first-order valence-electron chi connectivity index (χ1n) is 6.11. The van der Waals surface area contributed by atoms with Gasteiger partial charge in [0.05, 0.1) is 5.54 Å². The van der Waals surface area contributed by atoms with E-state index in [9.17, 15) is 0 Å². The number of hydrogen-bond donors (Lipinski definition) is 2. The SMILES string of the molecule is CC(C)C(C)(CN)Nc1ccc2nccnc2n1. The topological polar surface area (TPSA) is 76.7 Å². The molecule has 18 heavy (non-hydrogen) atoms. The third-order valence-electron chi connectivity index (χ3n) is 3.44. The highest BCUT2D eigenvalue weighted by atomic mass is 15.1. The Morgan fingerprint density at radius 2 is 2.00 bits per heavy atom. The number of rotatable bonds is 4. The summed E-state index contributed by atoms with van der Waals surface area (Å²) < 4.78 is 0. The van der Waals surface area contributed by atoms with Gasteiger partial charge in [0, 0.05) is 18.9 Å². The van der Waals surface area contributed by atoms with Gasteiger partial charge in [-0.15, -0.1) is 0 Å². The summed E-state index contributed by atoms with van der Waals surface area (Å²) in [6.45, 7) is 6.92. The fourth-order valence-corrected chi connectivity index (χ4v) is 1.65. The molecule has 0 spiro atoms. The maximum absolute atomic E-state index is 5.85. The molecule has 0 saturated carbocycles. The van der Waals surface area contributed by atoms with Crippen molar-refractivity contribution in [2.45, 2.75) is 26.3 Å². The third-order valence-corrected chi connectivity index (χ3v) is 3.44. The van der Waals surface area contributed by atoms with Gasteiger partial charge in [-0.2, -0.15) is 0 Å². The zero-order valence-corrected chi connectivity index (χ0v) is 11.0. The van der Waals surface area contributed by atoms with E-state index in [4.69, 9.17) is 5.73 Å². The Labute approximate surface area is 107 Å². The van der Waals surface area contributed by atoms with Gasteiger partial charge in [-0.05, 0) is 25.0 Å². The summed E-state index contributed by atoms with van der Waals surface area (Å²) in [5.41, 5.74) is 7.11. The van der Waals surface area contributed by atoms with Gasteiger partial charge in [-0.1, -0.05) is 13.8 Å². The van der Waals surface area contributed by atoms with Gasteiger partial charge in [0.25, 0.3) is 0 Å². The highest BCUT2D eigenvalue weighted by Crippen LogP contribution is 2.21. The van der Waals surface area contributed by atoms with E-state index in [0.717, 1.165) is 11.3 Å². The largest absolute Gasteiger partial charge is 0.363 e. The summed E-state index contributed by atoms with van der Waals surface area (Å²) >= 11 is 0. The van der Waals surface area contributed by atoms with Crippen LogP contribution in [0.4, 0.5) is 5.82 Å². The first-order chi connectivity index (χ1) is 8.55. The van der Waals surface area contributed by atoms with E-state index >= 15 is 0 Å². The van der Waals surface area contributed by atoms with E-state index in [1.165, 1.54) is 0 Å². The lowest BCUT2D eigenvalue weighted by atomic mass is 9.88. The minimum absolute atomic E-state index is 0.178. The first kappa shape index (κ1) is 12.7. The van der Waals surface area contributed by atoms with Crippen LogP contribution in [0.1, 0.15) is 20.8 Å². The average molecular weight is 245 g/mol. The van der Waals surface area contributed by atoms with Gasteiger partial charge in [0.1, 0.15) is 11.3 Å². The maximum Gasteiger partial charge on any atom is 0.180 e. The van der Waals surface area contributed by atoms with Gasteiger partial charge in [0.2, 0.25) is 0 Å². The van der Waals surface area contributed by atoms with E-state index in [1.807, 2.05) is 12.1 Å². The fourth-order valence-electron chi connectivity index (χ4n) is 1.65. The quantitative estimate of drug-likeness (QED) is 0.859. The Bertz CT molecular complexity index is 540. The third kappa shape index (κ3) is 2.41. The second kappa shape index (κ2) is 4.86. The van der Waals surface area contributed by atoms with Crippen LogP contribution in [-0.2, 0) is 0 Å². The van der Waals surface area contributed by atoms with Crippen molar-refractivity contribution in [3.63, 3.8) is 0 Å². The predicted molar refractivity (Wildman–Crippen MR) is 73.3 cm³/mol. The molecule has 0 saturated heterocycles. The van der Waals surface area contributed by atoms with Crippen LogP contribution in [0.3, 0.4) is 0 Å². The molecule has 2 rings (SSSR count). The lowest BCUT2D eigenvalue weighted by molar-refractivity contribution is 0.381. The second-order valence-corrected chi connectivity index (χ2v) is 5.00. The molecule has 0 amide bonds. The monoisotopic (exact) mass is 245 g/mol. The zero-order valence-electron chi connectivity index (χ0n) is 11.0. The highest BCUT2D eigenvalue weighted by Gasteiger charge is 2.26. The maximum atomic E-state index is 5.85. The summed E-state index contributed by atoms with van der Waals surface area (Å²) in [6.07, 6.45) is 3.30. The predicted octanol–water partition coefficient (Wildman–Crippen LogP) is 1.81. The van der Waals surface area contributed by atoms with Gasteiger partial charge in [-0.3, -0.25) is 4.98 Å². The van der Waals surface area contributed by atoms with Crippen LogP contribution in [-0.4, -0.2) is 27.0 Å². The first-order valence-corrected chi connectivity index (χ1v) is 6.11. The number of hydrogen-bond acceptors (Lipinski definition) is 5. The van der Waals surface area contributed by atoms with Crippen molar-refractivity contribution < 1.29 is 0 Å². The van der Waals surface area contributed by atoms with E-state index in [0.29, 0.717) is 18.1 Å². The van der Waals surface area contributed by atoms with Crippen molar-refractivity contribution in [2.24, 2.45) is 11.7 Å². The van der Waals surface area contributed by atoms with E-state index in [2.05, 4.69) is 41.0 Å². The summed E-state index contributed by atoms with van der Waals surface area (Å²) in [5, 5.41) is 3.39. The molecule has 2 aromatic rings. The highest BCUT2D eigenvalue weighted by molar-refractivity contribution is 5.71. The fraction of sp³-hybridized carbons (Fsp3) is 0.462. The molecule has 96 valence electrons. The number of pyridine rings is 1. The van der Waals surface area contributed by atoms with Crippen LogP contribution in [0.2, 0.25) is 0 Å². The van der Waals surface area contributed by atoms with Crippen molar-refractivity contribution >= 4 is 17.0 Å². The van der Waals surface area contributed by atoms with E-state index in [1.54, 1.807) is 12.4 Å². The second-order valence-electron chi connectivity index (χ2n) is 5.00. The Kier molecular flexibility index (Phi) is 3.43. The van der Waals surface area contributed by atoms with Crippen molar-refractivity contribution in [3.8, 4) is 0 Å². The Balaban J connectivity index is 2.31. The molecule has 2 aromatic heterocycles. The van der Waals surface area contributed by atoms with Gasteiger partial charge >= 0.3 is 0 Å². The zero-order chi connectivity index (χ0) is 13.2. The van der Waals surface area contributed by atoms with Crippen molar-refractivity contribution in [1.29, 1.82) is 0 Å². The Morgan fingerprint density at radius 3 is 2.67 bits per heavy atom. The molecular formula is C13H19N5. The van der Waals surface area contributed by atoms with E-state index in [-0.39, 0.29) is 5.54 Å². The molecule has 0 aromatic carbocycles. The van der Waals surface area contributed by atoms with Crippen LogP contribution >= 0.6 is 0 Å². The number of aromatic nitrogens is 3. The summed E-state index contributed by atoms with van der Waals surface area (Å²) in [7, 11) is 0. The molecule has 5 nitrogen and oxygen atoms in total. The molecule has 5 heteroatoms. The summed E-state index contributed by atoms with van der Waals surface area (Å²) in [4.78, 5) is 12.8. The molecule has 0 aliphatic heterocycles. The molecule has 3 N–H and O–H groups in total. The Morgan fingerprint density at radius 1 is 1.28 bits per heavy atom. The van der Waals surface area contributed by atoms with Crippen LogP contribution in [0.5, 0.6) is 0 Å². The van der Waals surface area contributed by atoms with Gasteiger partial charge < -0.3 is 11.1 Å². The number of nitrogens with one attached hydrogen (secondary N) is 1. The molecule has 0 aliphatic carbocycles. The molecule has 0 bridgehead atoms. The molecule has 0 aliphatic rings. The number of nitrogens with two attached hydrogens (primary N) is 1. The smallest absolute Gasteiger partial charge is 0.180 e. The molecule has 0 fully saturated rings. The Hall–Kier alpha value is -1.75. The van der Waals surface area contributed by atoms with Crippen molar-refractivity contribution in [3.05, 3.63) is 24.5 Å². The molecule has 2 heterocycles. The number of nitrogens with zero attached hydrogens (tertiary/aromatic N) is 3. The minimum Gasteiger partial charge on any atom is -0.363 e. The van der Waals surface area contributed by atoms with Crippen LogP contribution in [0, 0.1) is 5.92 Å². The molecule has 0 radical (unpaired) electrons. The lowest BCUT2D eigenvalue weighted by Gasteiger charge is -2.34. The van der Waals surface area contributed by atoms with Gasteiger partial charge in [-0.25, -0.2) is 9.97 Å². The molecular weight excluding hydrogens is 226 g/mol. The summed E-state index contributed by atoms with van der Waals surface area (Å²) in [5.74, 6) is 1.19. The molecule has 1 unspecified atom stereocenters. The van der Waals surface area contributed by atoms with E-state index < -0.39 is 0 Å². The van der Waals surface area contributed by atoms with Crippen molar-refractivity contribution in [2.75, 3.05) is 11.9 Å². The van der Waals surface area contributed by atoms with Crippen molar-refractivity contribution in [1.82, 2.24) is 15.0 Å². The van der Waals surface area contributed by atoms with Crippen LogP contribution < -0.4 is 11.1 Å². The van der Waals surface area contributed by atoms with Gasteiger partial charge in [0.15, 0.2) is 5.65 Å². The minimum atomic E-state index is -0.178. The number of anilines is 1. The van der Waals surface area contributed by atoms with Crippen LogP contribution in [0.25, 0.3) is 11.2 Å². The number of fused-ring (bicyclic) bond motifs is 1. The lowest BCUT2D eigenvalue weighted by Crippen LogP contribution is -2.47. The standard InChI is InChI=1S/C13H19N5/c1-9(2)13(3,8-14)18-11-5-4-10-12(17-11)16-7-6-15-10/h4-7,9H,8,14H2,1-3H3,(H,16,17,18).